The molecule has 5 nitrogen and oxygen atoms in total. The number of esters is 1. The molecule has 3 rings (SSSR count). The fourth-order valence-electron chi connectivity index (χ4n) is 2.33. The van der Waals surface area contributed by atoms with Crippen LogP contribution in [0, 0.1) is 5.82 Å². The first-order valence-corrected chi connectivity index (χ1v) is 7.70. The van der Waals surface area contributed by atoms with Crippen molar-refractivity contribution in [3.63, 3.8) is 0 Å². The van der Waals surface area contributed by atoms with Crippen LogP contribution in [0.2, 0.25) is 0 Å². The average molecular weight is 341 g/mol. The van der Waals surface area contributed by atoms with Gasteiger partial charge in [0.2, 0.25) is 5.90 Å². The molecule has 2 aromatic rings. The van der Waals surface area contributed by atoms with Gasteiger partial charge in [-0.2, -0.15) is 0 Å². The second-order valence-corrected chi connectivity index (χ2v) is 5.19. The molecule has 0 aromatic heterocycles. The van der Waals surface area contributed by atoms with Gasteiger partial charge in [0.05, 0.1) is 13.7 Å². The molecule has 0 N–H and O–H groups in total. The number of methoxy groups -OCH3 is 1. The summed E-state index contributed by atoms with van der Waals surface area (Å²) >= 11 is 0. The van der Waals surface area contributed by atoms with Crippen molar-refractivity contribution in [2.24, 2.45) is 4.99 Å². The Morgan fingerprint density at radius 2 is 1.92 bits per heavy atom. The lowest BCUT2D eigenvalue weighted by atomic mass is 10.1. The summed E-state index contributed by atoms with van der Waals surface area (Å²) in [6, 6.07) is 10.9. The molecule has 0 saturated carbocycles. The van der Waals surface area contributed by atoms with Gasteiger partial charge in [0.25, 0.3) is 0 Å². The van der Waals surface area contributed by atoms with Crippen LogP contribution in [0.5, 0.6) is 11.5 Å². The van der Waals surface area contributed by atoms with Crippen molar-refractivity contribution < 1.29 is 23.4 Å². The van der Waals surface area contributed by atoms with Crippen LogP contribution in [0.15, 0.2) is 53.2 Å². The van der Waals surface area contributed by atoms with Crippen LogP contribution in [-0.2, 0) is 9.53 Å². The summed E-state index contributed by atoms with van der Waals surface area (Å²) < 4.78 is 28.9. The first-order chi connectivity index (χ1) is 12.1. The minimum Gasteiger partial charge on any atom is -0.493 e. The zero-order valence-corrected chi connectivity index (χ0v) is 13.8. The number of nitrogens with zero attached hydrogens (tertiary/aromatic N) is 1. The van der Waals surface area contributed by atoms with E-state index in [2.05, 4.69) is 4.99 Å². The zero-order chi connectivity index (χ0) is 17.8. The Balaban J connectivity index is 1.91. The second-order valence-electron chi connectivity index (χ2n) is 5.19. The average Bonchev–Trinajstić information content (AvgIpc) is 2.97. The first-order valence-electron chi connectivity index (χ1n) is 7.70. The molecule has 1 aliphatic rings. The van der Waals surface area contributed by atoms with E-state index >= 15 is 0 Å². The number of halogens is 1. The number of carbonyl (C=O) groups is 1. The molecule has 0 unspecified atom stereocenters. The van der Waals surface area contributed by atoms with E-state index in [9.17, 15) is 9.18 Å². The summed E-state index contributed by atoms with van der Waals surface area (Å²) in [6.45, 7) is 2.36. The minimum atomic E-state index is -0.562. The Hall–Kier alpha value is -3.15. The number of hydrogen-bond donors (Lipinski definition) is 0. The van der Waals surface area contributed by atoms with Crippen LogP contribution in [0.3, 0.4) is 0 Å². The molecular weight excluding hydrogens is 325 g/mol. The highest BCUT2D eigenvalue weighted by atomic mass is 19.1. The standard InChI is InChI=1S/C19H16FNO4/c1-3-24-17-11-12(4-9-16(17)23-2)10-15-19(22)25-18(21-15)13-5-7-14(20)8-6-13/h4-11H,3H2,1-2H3/b15-10-. The van der Waals surface area contributed by atoms with E-state index in [1.54, 1.807) is 31.4 Å². The van der Waals surface area contributed by atoms with E-state index in [1.165, 1.54) is 24.3 Å². The van der Waals surface area contributed by atoms with Crippen LogP contribution < -0.4 is 9.47 Å². The Labute approximate surface area is 144 Å². The summed E-state index contributed by atoms with van der Waals surface area (Å²) in [5, 5.41) is 0. The van der Waals surface area contributed by atoms with Crippen molar-refractivity contribution in [1.29, 1.82) is 0 Å². The number of ether oxygens (including phenoxy) is 3. The SMILES string of the molecule is CCOc1cc(/C=C2\N=C(c3ccc(F)cc3)OC2=O)ccc1OC. The molecule has 128 valence electrons. The zero-order valence-electron chi connectivity index (χ0n) is 13.8. The van der Waals surface area contributed by atoms with E-state index in [1.807, 2.05) is 6.92 Å². The van der Waals surface area contributed by atoms with Crippen molar-refractivity contribution in [2.75, 3.05) is 13.7 Å². The van der Waals surface area contributed by atoms with E-state index in [4.69, 9.17) is 14.2 Å². The van der Waals surface area contributed by atoms with Crippen molar-refractivity contribution >= 4 is 17.9 Å². The second kappa shape index (κ2) is 7.17. The van der Waals surface area contributed by atoms with Crippen molar-refractivity contribution in [3.8, 4) is 11.5 Å². The monoisotopic (exact) mass is 341 g/mol. The van der Waals surface area contributed by atoms with Gasteiger partial charge in [-0.3, -0.25) is 0 Å². The maximum Gasteiger partial charge on any atom is 0.363 e. The summed E-state index contributed by atoms with van der Waals surface area (Å²) in [5.41, 5.74) is 1.41. The maximum absolute atomic E-state index is 13.0. The van der Waals surface area contributed by atoms with Crippen molar-refractivity contribution in [2.45, 2.75) is 6.92 Å². The highest BCUT2D eigenvalue weighted by Crippen LogP contribution is 2.29. The fourth-order valence-corrected chi connectivity index (χ4v) is 2.33. The molecule has 0 radical (unpaired) electrons. The van der Waals surface area contributed by atoms with E-state index in [-0.39, 0.29) is 17.4 Å². The molecular formula is C19H16FNO4. The molecule has 0 spiro atoms. The molecule has 0 amide bonds. The van der Waals surface area contributed by atoms with Crippen LogP contribution in [0.1, 0.15) is 18.1 Å². The van der Waals surface area contributed by atoms with Gasteiger partial charge < -0.3 is 14.2 Å². The Morgan fingerprint density at radius 1 is 1.16 bits per heavy atom. The Kier molecular flexibility index (Phi) is 4.79. The molecule has 1 aliphatic heterocycles. The highest BCUT2D eigenvalue weighted by molar-refractivity contribution is 6.12. The quantitative estimate of drug-likeness (QED) is 0.616. The third kappa shape index (κ3) is 3.68. The van der Waals surface area contributed by atoms with Crippen LogP contribution in [-0.4, -0.2) is 25.6 Å². The maximum atomic E-state index is 13.0. The molecule has 0 aliphatic carbocycles. The minimum absolute atomic E-state index is 0.148. The van der Waals surface area contributed by atoms with Crippen LogP contribution >= 0.6 is 0 Å². The van der Waals surface area contributed by atoms with E-state index in [0.717, 1.165) is 5.56 Å². The summed E-state index contributed by atoms with van der Waals surface area (Å²) in [5.74, 6) is 0.399. The normalized spacial score (nSPS) is 15.1. The molecule has 2 aromatic carbocycles. The number of rotatable bonds is 5. The molecule has 0 fully saturated rings. The van der Waals surface area contributed by atoms with Gasteiger partial charge in [-0.1, -0.05) is 6.07 Å². The summed E-state index contributed by atoms with van der Waals surface area (Å²) in [6.07, 6.45) is 1.60. The summed E-state index contributed by atoms with van der Waals surface area (Å²) in [4.78, 5) is 16.2. The molecule has 25 heavy (non-hydrogen) atoms. The molecule has 0 atom stereocenters. The van der Waals surface area contributed by atoms with Gasteiger partial charge in [-0.05, 0) is 55.0 Å². The molecule has 1 heterocycles. The van der Waals surface area contributed by atoms with E-state index in [0.29, 0.717) is 23.7 Å². The van der Waals surface area contributed by atoms with Crippen molar-refractivity contribution in [3.05, 3.63) is 65.1 Å². The Morgan fingerprint density at radius 3 is 2.60 bits per heavy atom. The molecule has 0 bridgehead atoms. The lowest BCUT2D eigenvalue weighted by Gasteiger charge is -2.09. The van der Waals surface area contributed by atoms with Gasteiger partial charge in [0.15, 0.2) is 17.2 Å². The number of aliphatic imine (C=N–C) groups is 1. The third-order valence-corrected chi connectivity index (χ3v) is 3.50. The first kappa shape index (κ1) is 16.7. The number of cyclic esters (lactones) is 1. The number of benzene rings is 2. The fraction of sp³-hybridized carbons (Fsp3) is 0.158. The Bertz CT molecular complexity index is 856. The van der Waals surface area contributed by atoms with Gasteiger partial charge in [-0.15, -0.1) is 0 Å². The van der Waals surface area contributed by atoms with Gasteiger partial charge in [0.1, 0.15) is 5.82 Å². The van der Waals surface area contributed by atoms with Gasteiger partial charge in [-0.25, -0.2) is 14.2 Å². The van der Waals surface area contributed by atoms with Crippen molar-refractivity contribution in [1.82, 2.24) is 0 Å². The predicted octanol–water partition coefficient (Wildman–Crippen LogP) is 3.58. The lowest BCUT2D eigenvalue weighted by Crippen LogP contribution is -2.05. The van der Waals surface area contributed by atoms with Crippen LogP contribution in [0.25, 0.3) is 6.08 Å². The smallest absolute Gasteiger partial charge is 0.363 e. The topological polar surface area (TPSA) is 57.1 Å². The largest absolute Gasteiger partial charge is 0.493 e. The van der Waals surface area contributed by atoms with Crippen LogP contribution in [0.4, 0.5) is 4.39 Å². The number of carbonyl (C=O) groups excluding carboxylic acids is 1. The van der Waals surface area contributed by atoms with Gasteiger partial charge in [0, 0.05) is 5.56 Å². The lowest BCUT2D eigenvalue weighted by molar-refractivity contribution is -0.129. The summed E-state index contributed by atoms with van der Waals surface area (Å²) in [7, 11) is 1.56. The molecule has 0 saturated heterocycles. The highest BCUT2D eigenvalue weighted by Gasteiger charge is 2.24. The molecule has 6 heteroatoms. The number of hydrogen-bond acceptors (Lipinski definition) is 5. The van der Waals surface area contributed by atoms with E-state index < -0.39 is 5.97 Å². The third-order valence-electron chi connectivity index (χ3n) is 3.50. The predicted molar refractivity (Wildman–Crippen MR) is 91.2 cm³/mol. The van der Waals surface area contributed by atoms with Gasteiger partial charge >= 0.3 is 5.97 Å².